The summed E-state index contributed by atoms with van der Waals surface area (Å²) in [6.07, 6.45) is -2.25. The average Bonchev–Trinajstić information content (AvgIpc) is 3.59. The number of imide groups is 1. The number of nitrogens with two attached hydrogens (primary N) is 2. The first kappa shape index (κ1) is 63.2. The highest BCUT2D eigenvalue weighted by atomic mass is 32.2. The molecule has 0 saturated carbocycles. The molecule has 0 aromatic carbocycles. The van der Waals surface area contributed by atoms with Crippen LogP contribution in [-0.2, 0) is 52.7 Å². The van der Waals surface area contributed by atoms with Crippen molar-refractivity contribution in [1.82, 2.24) is 47.4 Å². The third kappa shape index (κ3) is 22.1. The first-order valence-electron chi connectivity index (χ1n) is 24.5. The van der Waals surface area contributed by atoms with E-state index in [1.165, 1.54) is 20.8 Å². The van der Waals surface area contributed by atoms with Crippen LogP contribution in [0.25, 0.3) is 0 Å². The monoisotopic (exact) mass is 1050 g/mol. The Balaban J connectivity index is 1.92. The Bertz CT molecular complexity index is 1830. The first-order valence-corrected chi connectivity index (χ1v) is 25.5. The zero-order chi connectivity index (χ0) is 54.1. The summed E-state index contributed by atoms with van der Waals surface area (Å²) >= 11 is 0.972. The number of amides is 9. The summed E-state index contributed by atoms with van der Waals surface area (Å²) in [6.45, 7) is 6.85. The molecule has 2 rings (SSSR count). The van der Waals surface area contributed by atoms with Gasteiger partial charge in [-0.1, -0.05) is 13.8 Å². The molecule has 0 bridgehead atoms. The minimum absolute atomic E-state index is 0.0557. The predicted molar refractivity (Wildman–Crippen MR) is 262 cm³/mol. The minimum atomic E-state index is -1.50. The summed E-state index contributed by atoms with van der Waals surface area (Å²) in [5.74, 6) is -6.15. The molecule has 26 nitrogen and oxygen atoms in total. The Morgan fingerprint density at radius 3 is 1.88 bits per heavy atom. The van der Waals surface area contributed by atoms with Crippen LogP contribution in [0.5, 0.6) is 0 Å². The Morgan fingerprint density at radius 1 is 0.708 bits per heavy atom. The molecule has 2 heterocycles. The van der Waals surface area contributed by atoms with Crippen molar-refractivity contribution in [2.24, 2.45) is 17.4 Å². The van der Waals surface area contributed by atoms with Crippen molar-refractivity contribution in [3.05, 3.63) is 0 Å². The first-order chi connectivity index (χ1) is 34.0. The summed E-state index contributed by atoms with van der Waals surface area (Å²) in [7, 11) is 0. The fraction of sp³-hybridized carbons (Fsp3) is 0.778. The lowest BCUT2D eigenvalue weighted by Gasteiger charge is -2.40. The van der Waals surface area contributed by atoms with E-state index in [0.29, 0.717) is 51.5 Å². The number of ether oxygens (including phenoxy) is 1. The predicted octanol–water partition coefficient (Wildman–Crippen LogP) is -5.39. The summed E-state index contributed by atoms with van der Waals surface area (Å²) in [6, 6.07) is -6.40. The molecule has 16 N–H and O–H groups in total. The van der Waals surface area contributed by atoms with Crippen LogP contribution in [0.2, 0.25) is 0 Å². The molecule has 27 heteroatoms. The van der Waals surface area contributed by atoms with E-state index >= 15 is 0 Å². The van der Waals surface area contributed by atoms with Gasteiger partial charge in [0.25, 0.3) is 0 Å². The number of unbranched alkanes of at least 4 members (excludes halogenated alkanes) is 3. The molecule has 0 aromatic rings. The van der Waals surface area contributed by atoms with Crippen LogP contribution < -0.4 is 54.0 Å². The number of carbonyl (C=O) groups excluding carboxylic acids is 10. The lowest BCUT2D eigenvalue weighted by molar-refractivity contribution is -0.254. The summed E-state index contributed by atoms with van der Waals surface area (Å²) in [5.41, 5.74) is 11.2. The molecule has 2 aliphatic rings. The van der Waals surface area contributed by atoms with Gasteiger partial charge in [-0.3, -0.25) is 52.8 Å². The van der Waals surface area contributed by atoms with Crippen molar-refractivity contribution in [3.8, 4) is 0 Å². The van der Waals surface area contributed by atoms with E-state index in [9.17, 15) is 68.4 Å². The molecule has 0 spiro atoms. The molecule has 2 fully saturated rings. The number of nitrogens with zero attached hydrogens (tertiary/aromatic N) is 1. The number of hydrogen-bond acceptors (Lipinski definition) is 19. The maximum Gasteiger partial charge on any atom is 0.244 e. The molecule has 7 unspecified atom stereocenters. The van der Waals surface area contributed by atoms with Crippen LogP contribution in [0, 0.1) is 5.92 Å². The highest BCUT2D eigenvalue weighted by Gasteiger charge is 2.44. The van der Waals surface area contributed by atoms with Crippen LogP contribution in [0.3, 0.4) is 0 Å². The van der Waals surface area contributed by atoms with Gasteiger partial charge in [0.05, 0.1) is 37.0 Å². The second-order valence-electron chi connectivity index (χ2n) is 18.4. The SMILES string of the molecule is CC(=O)NC(CSC1CC(=O)N(CCCCN[C@H]2C(O)O[C@H](CO)[C@@H](O)[C@@H]2O)C1=O)C(=O)NC(CCCCN)C(=O)NCC(=O)NCC(=O)NC(C)C(=O)NC(CCCCN)C(=O)NC(CC(C)C)C(C)=O. The summed E-state index contributed by atoms with van der Waals surface area (Å²) < 4.78 is 5.13. The van der Waals surface area contributed by atoms with Gasteiger partial charge >= 0.3 is 0 Å². The number of nitrogens with one attached hydrogen (secondary N) is 8. The van der Waals surface area contributed by atoms with Gasteiger partial charge in [0.15, 0.2) is 12.1 Å². The molecule has 2 aliphatic heterocycles. The van der Waals surface area contributed by atoms with Gasteiger partial charge in [0.1, 0.15) is 42.5 Å². The molecule has 0 radical (unpaired) electrons. The molecular formula is C45H79N11O15S. The zero-order valence-corrected chi connectivity index (χ0v) is 42.8. The zero-order valence-electron chi connectivity index (χ0n) is 41.9. The molecule has 2 saturated heterocycles. The van der Waals surface area contributed by atoms with E-state index in [1.807, 2.05) is 13.8 Å². The number of aliphatic hydroxyl groups excluding tert-OH is 4. The van der Waals surface area contributed by atoms with Crippen molar-refractivity contribution in [2.75, 3.05) is 51.6 Å². The number of Topliss-reactive ketones (excluding diaryl/α,β-unsaturated/α-hetero) is 1. The Labute approximate surface area is 424 Å². The number of aliphatic hydroxyl groups is 4. The maximum absolute atomic E-state index is 13.6. The van der Waals surface area contributed by atoms with Gasteiger partial charge in [-0.15, -0.1) is 11.8 Å². The molecular weight excluding hydrogens is 967 g/mol. The largest absolute Gasteiger partial charge is 0.394 e. The van der Waals surface area contributed by atoms with Crippen molar-refractivity contribution in [2.45, 2.75) is 165 Å². The van der Waals surface area contributed by atoms with Crippen molar-refractivity contribution in [1.29, 1.82) is 0 Å². The van der Waals surface area contributed by atoms with Crippen molar-refractivity contribution >= 4 is 70.7 Å². The molecule has 410 valence electrons. The van der Waals surface area contributed by atoms with Crippen LogP contribution in [0.15, 0.2) is 0 Å². The maximum atomic E-state index is 13.6. The van der Waals surface area contributed by atoms with Crippen LogP contribution in [0.4, 0.5) is 0 Å². The van der Waals surface area contributed by atoms with E-state index in [-0.39, 0.29) is 56.4 Å². The second kappa shape index (κ2) is 33.0. The standard InChI is InChI=1S/C45H79N11O15S/c1-24(2)18-30(26(4)58)55-42(67)29(13-7-9-15-47)53-40(65)25(3)51-35(61)21-49-34(60)20-50-41(66)28(12-6-8-14-46)54-43(68)31(52-27(5)59)23-72-33-19-36(62)56(44(33)69)17-11-10-16-48-37-39(64)38(63)32(22-57)71-45(37)70/h24-25,28-33,37-39,45,48,57,63-64,70H,6-23,46-47H2,1-5H3,(H,49,60)(H,50,66)(H,51,61)(H,52,59)(H,53,65)(H,54,68)(H,55,67)/t25?,28?,29?,30?,31?,32-,33?,37-,38-,39-,45?/m1/s1. The molecule has 0 aromatic heterocycles. The normalized spacial score (nSPS) is 22.0. The number of likely N-dealkylation sites (tertiary alicyclic amines) is 1. The number of thioether (sulfide) groups is 1. The number of rotatable bonds is 34. The smallest absolute Gasteiger partial charge is 0.244 e. The van der Waals surface area contributed by atoms with E-state index < -0.39 is 139 Å². The van der Waals surface area contributed by atoms with Crippen molar-refractivity contribution in [3.63, 3.8) is 0 Å². The van der Waals surface area contributed by atoms with Gasteiger partial charge in [-0.05, 0) is 97.2 Å². The third-order valence-corrected chi connectivity index (χ3v) is 13.1. The lowest BCUT2D eigenvalue weighted by atomic mass is 9.97. The lowest BCUT2D eigenvalue weighted by Crippen LogP contribution is -2.63. The van der Waals surface area contributed by atoms with Gasteiger partial charge in [0.2, 0.25) is 53.2 Å². The van der Waals surface area contributed by atoms with Gasteiger partial charge in [-0.2, -0.15) is 0 Å². The van der Waals surface area contributed by atoms with Crippen LogP contribution in [-0.4, -0.2) is 202 Å². The number of carbonyl (C=O) groups is 10. The topological polar surface area (TPSA) is 412 Å². The van der Waals surface area contributed by atoms with Crippen LogP contribution >= 0.6 is 11.8 Å². The van der Waals surface area contributed by atoms with E-state index in [2.05, 4.69) is 42.5 Å². The number of hydrogen-bond donors (Lipinski definition) is 14. The Kier molecular flexibility index (Phi) is 29.0. The number of ketones is 1. The van der Waals surface area contributed by atoms with Crippen LogP contribution in [0.1, 0.15) is 98.8 Å². The van der Waals surface area contributed by atoms with E-state index in [4.69, 9.17) is 16.2 Å². The summed E-state index contributed by atoms with van der Waals surface area (Å²) in [4.78, 5) is 130. The van der Waals surface area contributed by atoms with Gasteiger partial charge < -0.3 is 79.2 Å². The molecule has 9 amide bonds. The van der Waals surface area contributed by atoms with Gasteiger partial charge in [-0.25, -0.2) is 0 Å². The highest BCUT2D eigenvalue weighted by Crippen LogP contribution is 2.26. The van der Waals surface area contributed by atoms with Crippen molar-refractivity contribution < 1.29 is 73.1 Å². The Morgan fingerprint density at radius 2 is 1.29 bits per heavy atom. The molecule has 72 heavy (non-hydrogen) atoms. The second-order valence-corrected chi connectivity index (χ2v) is 19.6. The highest BCUT2D eigenvalue weighted by molar-refractivity contribution is 8.00. The van der Waals surface area contributed by atoms with Gasteiger partial charge in [0, 0.05) is 25.6 Å². The fourth-order valence-electron chi connectivity index (χ4n) is 7.69. The van der Waals surface area contributed by atoms with E-state index in [0.717, 1.165) is 16.7 Å². The third-order valence-electron chi connectivity index (χ3n) is 11.8. The molecule has 0 aliphatic carbocycles. The Hall–Kier alpha value is -4.87. The fourth-order valence-corrected chi connectivity index (χ4v) is 8.88. The minimum Gasteiger partial charge on any atom is -0.394 e. The molecule has 11 atom stereocenters. The average molecular weight is 1050 g/mol. The quantitative estimate of drug-likeness (QED) is 0.0211. The van der Waals surface area contributed by atoms with E-state index in [1.54, 1.807) is 0 Å². The summed E-state index contributed by atoms with van der Waals surface area (Å²) in [5, 5.41) is 59.4.